The van der Waals surface area contributed by atoms with Crippen molar-refractivity contribution in [2.45, 2.75) is 66.2 Å². The summed E-state index contributed by atoms with van der Waals surface area (Å²) in [7, 11) is 0. The number of fused-ring (bicyclic) bond motifs is 2. The molecule has 2 unspecified atom stereocenters. The first-order valence-electron chi connectivity index (χ1n) is 7.10. The molecule has 15 heavy (non-hydrogen) atoms. The summed E-state index contributed by atoms with van der Waals surface area (Å²) in [6, 6.07) is 0. The van der Waals surface area contributed by atoms with Crippen molar-refractivity contribution >= 4 is 0 Å². The van der Waals surface area contributed by atoms with E-state index in [1.165, 1.54) is 38.5 Å². The Bertz CT molecular complexity index is 190. The molecule has 2 saturated carbocycles. The SMILES string of the molecule is CC(C)C1(C(C)C)C2CCCCC1CC2. The minimum absolute atomic E-state index is 0.691. The molecule has 0 aromatic heterocycles. The third kappa shape index (κ3) is 1.56. The Morgan fingerprint density at radius 3 is 1.47 bits per heavy atom. The van der Waals surface area contributed by atoms with Gasteiger partial charge in [-0.15, -0.1) is 0 Å². The van der Waals surface area contributed by atoms with Crippen LogP contribution in [0, 0.1) is 29.1 Å². The van der Waals surface area contributed by atoms with Gasteiger partial charge < -0.3 is 0 Å². The molecule has 0 heteroatoms. The average molecular weight is 208 g/mol. The fraction of sp³-hybridized carbons (Fsp3) is 1.00. The molecule has 0 amide bonds. The molecule has 0 nitrogen and oxygen atoms in total. The molecule has 2 aliphatic rings. The zero-order valence-corrected chi connectivity index (χ0v) is 11.1. The lowest BCUT2D eigenvalue weighted by Crippen LogP contribution is -2.41. The molecule has 2 atom stereocenters. The largest absolute Gasteiger partial charge is 0.0622 e. The molecule has 0 saturated heterocycles. The second-order valence-corrected chi connectivity index (χ2v) is 6.57. The van der Waals surface area contributed by atoms with Crippen LogP contribution in [0.4, 0.5) is 0 Å². The fourth-order valence-electron chi connectivity index (χ4n) is 5.36. The lowest BCUT2D eigenvalue weighted by Gasteiger charge is -2.47. The second kappa shape index (κ2) is 4.11. The van der Waals surface area contributed by atoms with Crippen LogP contribution in [0.1, 0.15) is 66.2 Å². The van der Waals surface area contributed by atoms with Gasteiger partial charge in [-0.25, -0.2) is 0 Å². The van der Waals surface area contributed by atoms with Crippen molar-refractivity contribution in [1.29, 1.82) is 0 Å². The molecule has 2 aliphatic carbocycles. The maximum Gasteiger partial charge on any atom is -0.0195 e. The van der Waals surface area contributed by atoms with Gasteiger partial charge in [0.05, 0.1) is 0 Å². The Morgan fingerprint density at radius 2 is 1.13 bits per heavy atom. The minimum atomic E-state index is 0.691. The number of hydrogen-bond acceptors (Lipinski definition) is 0. The summed E-state index contributed by atoms with van der Waals surface area (Å²) in [4.78, 5) is 0. The van der Waals surface area contributed by atoms with Crippen LogP contribution < -0.4 is 0 Å². The van der Waals surface area contributed by atoms with Gasteiger partial charge in [0.25, 0.3) is 0 Å². The first kappa shape index (κ1) is 11.5. The van der Waals surface area contributed by atoms with Crippen LogP contribution >= 0.6 is 0 Å². The molecule has 0 aromatic carbocycles. The molecule has 0 radical (unpaired) electrons. The first-order valence-corrected chi connectivity index (χ1v) is 7.10. The Labute approximate surface area is 95.8 Å². The van der Waals surface area contributed by atoms with E-state index in [-0.39, 0.29) is 0 Å². The van der Waals surface area contributed by atoms with Gasteiger partial charge in [0.2, 0.25) is 0 Å². The van der Waals surface area contributed by atoms with E-state index < -0.39 is 0 Å². The summed E-state index contributed by atoms with van der Waals surface area (Å²) in [5, 5.41) is 0. The van der Waals surface area contributed by atoms with Crippen molar-refractivity contribution in [3.63, 3.8) is 0 Å². The lowest BCUT2D eigenvalue weighted by atomic mass is 9.58. The summed E-state index contributed by atoms with van der Waals surface area (Å²) in [6.45, 7) is 9.93. The smallest absolute Gasteiger partial charge is 0.0195 e. The highest BCUT2D eigenvalue weighted by atomic mass is 14.6. The monoisotopic (exact) mass is 208 g/mol. The summed E-state index contributed by atoms with van der Waals surface area (Å²) in [6.07, 6.45) is 9.10. The predicted octanol–water partition coefficient (Wildman–Crippen LogP) is 4.89. The van der Waals surface area contributed by atoms with E-state index in [4.69, 9.17) is 0 Å². The molecular weight excluding hydrogens is 180 g/mol. The Morgan fingerprint density at radius 1 is 0.733 bits per heavy atom. The van der Waals surface area contributed by atoms with E-state index in [1.54, 1.807) is 0 Å². The van der Waals surface area contributed by atoms with E-state index in [0.29, 0.717) is 5.41 Å². The molecule has 2 bridgehead atoms. The van der Waals surface area contributed by atoms with Crippen molar-refractivity contribution in [2.24, 2.45) is 29.1 Å². The quantitative estimate of drug-likeness (QED) is 0.606. The summed E-state index contributed by atoms with van der Waals surface area (Å²) in [5.41, 5.74) is 0.691. The maximum absolute atomic E-state index is 2.48. The summed E-state index contributed by atoms with van der Waals surface area (Å²) < 4.78 is 0. The molecule has 0 heterocycles. The van der Waals surface area contributed by atoms with Crippen LogP contribution in [0.3, 0.4) is 0 Å². The molecule has 0 spiro atoms. The molecule has 2 fully saturated rings. The molecule has 2 rings (SSSR count). The maximum atomic E-state index is 2.48. The van der Waals surface area contributed by atoms with Gasteiger partial charge in [0.15, 0.2) is 0 Å². The van der Waals surface area contributed by atoms with Gasteiger partial charge >= 0.3 is 0 Å². The Kier molecular flexibility index (Phi) is 3.14. The summed E-state index contributed by atoms with van der Waals surface area (Å²) in [5.74, 6) is 3.86. The zero-order valence-electron chi connectivity index (χ0n) is 11.1. The van der Waals surface area contributed by atoms with Crippen molar-refractivity contribution in [3.05, 3.63) is 0 Å². The third-order valence-corrected chi connectivity index (χ3v) is 5.63. The van der Waals surface area contributed by atoms with Crippen LogP contribution in [-0.2, 0) is 0 Å². The normalized spacial score (nSPS) is 34.8. The van der Waals surface area contributed by atoms with Crippen molar-refractivity contribution in [3.8, 4) is 0 Å². The van der Waals surface area contributed by atoms with Crippen LogP contribution in [0.5, 0.6) is 0 Å². The standard InChI is InChI=1S/C15H28/c1-11(2)15(12(3)4)13-7-5-6-8-14(15)10-9-13/h11-14H,5-10H2,1-4H3. The Balaban J connectivity index is 2.36. The van der Waals surface area contributed by atoms with Gasteiger partial charge in [-0.3, -0.25) is 0 Å². The van der Waals surface area contributed by atoms with Crippen LogP contribution in [0.15, 0.2) is 0 Å². The average Bonchev–Trinajstić information content (AvgIpc) is 2.35. The fourth-order valence-corrected chi connectivity index (χ4v) is 5.36. The molecule has 0 N–H and O–H groups in total. The highest BCUT2D eigenvalue weighted by Crippen LogP contribution is 2.61. The van der Waals surface area contributed by atoms with Gasteiger partial charge in [0.1, 0.15) is 0 Å². The Hall–Kier alpha value is 0. The van der Waals surface area contributed by atoms with E-state index in [2.05, 4.69) is 27.7 Å². The third-order valence-electron chi connectivity index (χ3n) is 5.63. The second-order valence-electron chi connectivity index (χ2n) is 6.57. The van der Waals surface area contributed by atoms with E-state index in [0.717, 1.165) is 23.7 Å². The van der Waals surface area contributed by atoms with Crippen LogP contribution in [0.2, 0.25) is 0 Å². The van der Waals surface area contributed by atoms with Gasteiger partial charge in [0, 0.05) is 0 Å². The zero-order chi connectivity index (χ0) is 11.1. The first-order chi connectivity index (χ1) is 7.10. The van der Waals surface area contributed by atoms with Gasteiger partial charge in [-0.05, 0) is 54.8 Å². The van der Waals surface area contributed by atoms with E-state index in [1.807, 2.05) is 0 Å². The van der Waals surface area contributed by atoms with E-state index in [9.17, 15) is 0 Å². The van der Waals surface area contributed by atoms with Crippen molar-refractivity contribution in [1.82, 2.24) is 0 Å². The van der Waals surface area contributed by atoms with Crippen LogP contribution in [-0.4, -0.2) is 0 Å². The lowest BCUT2D eigenvalue weighted by molar-refractivity contribution is 0.0118. The number of hydrogen-bond donors (Lipinski definition) is 0. The van der Waals surface area contributed by atoms with E-state index >= 15 is 0 Å². The van der Waals surface area contributed by atoms with Crippen LogP contribution in [0.25, 0.3) is 0 Å². The van der Waals surface area contributed by atoms with Gasteiger partial charge in [-0.2, -0.15) is 0 Å². The number of rotatable bonds is 2. The summed E-state index contributed by atoms with van der Waals surface area (Å²) >= 11 is 0. The van der Waals surface area contributed by atoms with Gasteiger partial charge in [-0.1, -0.05) is 40.5 Å². The highest BCUT2D eigenvalue weighted by molar-refractivity contribution is 5.02. The highest BCUT2D eigenvalue weighted by Gasteiger charge is 2.53. The molecule has 88 valence electrons. The topological polar surface area (TPSA) is 0 Å². The molecular formula is C15H28. The molecule has 0 aromatic rings. The minimum Gasteiger partial charge on any atom is -0.0622 e. The van der Waals surface area contributed by atoms with Crippen molar-refractivity contribution in [2.75, 3.05) is 0 Å². The predicted molar refractivity (Wildman–Crippen MR) is 66.8 cm³/mol. The van der Waals surface area contributed by atoms with Crippen molar-refractivity contribution < 1.29 is 0 Å². The molecule has 0 aliphatic heterocycles.